The maximum absolute atomic E-state index is 13.1. The smallest absolute Gasteiger partial charge is 0.341 e. The first-order valence-corrected chi connectivity index (χ1v) is 12.9. The van der Waals surface area contributed by atoms with Crippen LogP contribution in [0.2, 0.25) is 5.02 Å². The molecule has 1 N–H and O–H groups in total. The molecule has 8 heteroatoms. The van der Waals surface area contributed by atoms with Crippen LogP contribution in [0.1, 0.15) is 51.7 Å². The molecule has 0 fully saturated rings. The summed E-state index contributed by atoms with van der Waals surface area (Å²) in [4.78, 5) is 26.9. The predicted molar refractivity (Wildman–Crippen MR) is 141 cm³/mol. The second kappa shape index (κ2) is 11.9. The van der Waals surface area contributed by atoms with Crippen molar-refractivity contribution in [3.63, 3.8) is 0 Å². The maximum atomic E-state index is 13.1. The standard InChI is InChI=1S/C28H25ClN2O4S/c1-2-34-28(33)25-22-11-4-6-13-24(22)36-27(25)31-26(32)20(16-30)15-19-9-3-5-12-23(19)35-17-18-8-7-10-21(29)14-18/h3,5,7-10,12,14-15H,2,4,6,11,13,17H2,1H3,(H,31,32)/b20-15+. The van der Waals surface area contributed by atoms with Gasteiger partial charge in [-0.25, -0.2) is 4.79 Å². The molecule has 2 aromatic carbocycles. The lowest BCUT2D eigenvalue weighted by atomic mass is 9.95. The third kappa shape index (κ3) is 5.96. The Labute approximate surface area is 219 Å². The van der Waals surface area contributed by atoms with Crippen LogP contribution in [0, 0.1) is 11.3 Å². The molecule has 0 unspecified atom stereocenters. The number of para-hydroxylation sites is 1. The van der Waals surface area contributed by atoms with E-state index in [9.17, 15) is 14.9 Å². The number of nitrogens with one attached hydrogen (secondary N) is 1. The Morgan fingerprint density at radius 1 is 1.17 bits per heavy atom. The first-order valence-electron chi connectivity index (χ1n) is 11.7. The van der Waals surface area contributed by atoms with Gasteiger partial charge in [-0.05, 0) is 68.0 Å². The van der Waals surface area contributed by atoms with Crippen LogP contribution in [-0.2, 0) is 29.0 Å². The number of anilines is 1. The molecule has 1 heterocycles. The van der Waals surface area contributed by atoms with Gasteiger partial charge in [0, 0.05) is 15.5 Å². The number of nitriles is 1. The van der Waals surface area contributed by atoms with Gasteiger partial charge in [-0.3, -0.25) is 4.79 Å². The summed E-state index contributed by atoms with van der Waals surface area (Å²) >= 11 is 7.44. The molecule has 184 valence electrons. The number of halogens is 1. The Kier molecular flexibility index (Phi) is 8.42. The summed E-state index contributed by atoms with van der Waals surface area (Å²) in [6.07, 6.45) is 5.15. The molecule has 6 nitrogen and oxygen atoms in total. The zero-order valence-electron chi connectivity index (χ0n) is 19.8. The second-order valence-electron chi connectivity index (χ2n) is 8.22. The Balaban J connectivity index is 1.57. The van der Waals surface area contributed by atoms with E-state index in [0.717, 1.165) is 41.7 Å². The lowest BCUT2D eigenvalue weighted by Crippen LogP contribution is -2.16. The zero-order chi connectivity index (χ0) is 25.5. The van der Waals surface area contributed by atoms with Crippen LogP contribution >= 0.6 is 22.9 Å². The van der Waals surface area contributed by atoms with Crippen LogP contribution in [0.5, 0.6) is 5.75 Å². The van der Waals surface area contributed by atoms with Gasteiger partial charge in [0.15, 0.2) is 0 Å². The Hall–Kier alpha value is -3.60. The minimum atomic E-state index is -0.591. The number of carbonyl (C=O) groups is 2. The third-order valence-electron chi connectivity index (χ3n) is 5.75. The highest BCUT2D eigenvalue weighted by molar-refractivity contribution is 7.17. The van der Waals surface area contributed by atoms with E-state index >= 15 is 0 Å². The molecule has 1 aromatic heterocycles. The van der Waals surface area contributed by atoms with Gasteiger partial charge in [0.25, 0.3) is 5.91 Å². The SMILES string of the molecule is CCOC(=O)c1c(NC(=O)/C(C#N)=C/c2ccccc2OCc2cccc(Cl)c2)sc2c1CCCC2. The largest absolute Gasteiger partial charge is 0.488 e. The molecule has 0 spiro atoms. The fraction of sp³-hybridized carbons (Fsp3) is 0.250. The molecule has 1 amide bonds. The van der Waals surface area contributed by atoms with Crippen LogP contribution in [0.25, 0.3) is 6.08 Å². The van der Waals surface area contributed by atoms with Crippen molar-refractivity contribution in [2.24, 2.45) is 0 Å². The lowest BCUT2D eigenvalue weighted by Gasteiger charge is -2.12. The number of carbonyl (C=O) groups excluding carboxylic acids is 2. The highest BCUT2D eigenvalue weighted by atomic mass is 35.5. The summed E-state index contributed by atoms with van der Waals surface area (Å²) in [7, 11) is 0. The van der Waals surface area contributed by atoms with Crippen molar-refractivity contribution in [3.8, 4) is 11.8 Å². The molecule has 0 radical (unpaired) electrons. The fourth-order valence-electron chi connectivity index (χ4n) is 4.07. The second-order valence-corrected chi connectivity index (χ2v) is 9.76. The number of thiophene rings is 1. The number of nitrogens with zero attached hydrogens (tertiary/aromatic N) is 1. The molecule has 0 saturated heterocycles. The highest BCUT2D eigenvalue weighted by Gasteiger charge is 2.27. The van der Waals surface area contributed by atoms with Crippen molar-refractivity contribution in [2.45, 2.75) is 39.2 Å². The van der Waals surface area contributed by atoms with Crippen LogP contribution in [0.3, 0.4) is 0 Å². The molecule has 0 bridgehead atoms. The number of ether oxygens (including phenoxy) is 2. The number of hydrogen-bond donors (Lipinski definition) is 1. The quantitative estimate of drug-likeness (QED) is 0.206. The van der Waals surface area contributed by atoms with Crippen LogP contribution in [0.15, 0.2) is 54.1 Å². The molecule has 0 saturated carbocycles. The van der Waals surface area contributed by atoms with Gasteiger partial charge in [0.1, 0.15) is 29.0 Å². The van der Waals surface area contributed by atoms with E-state index < -0.39 is 11.9 Å². The van der Waals surface area contributed by atoms with Crippen molar-refractivity contribution in [1.29, 1.82) is 5.26 Å². The van der Waals surface area contributed by atoms with E-state index in [4.69, 9.17) is 21.1 Å². The summed E-state index contributed by atoms with van der Waals surface area (Å²) in [6.45, 7) is 2.27. The summed E-state index contributed by atoms with van der Waals surface area (Å²) in [6, 6.07) is 16.5. The molecular weight excluding hydrogens is 496 g/mol. The van der Waals surface area contributed by atoms with Gasteiger partial charge in [0.2, 0.25) is 0 Å². The monoisotopic (exact) mass is 520 g/mol. The normalized spacial score (nSPS) is 12.9. The van der Waals surface area contributed by atoms with Crippen molar-refractivity contribution in [2.75, 3.05) is 11.9 Å². The molecular formula is C28H25ClN2O4S. The number of benzene rings is 2. The Morgan fingerprint density at radius 2 is 1.97 bits per heavy atom. The van der Waals surface area contributed by atoms with Crippen molar-refractivity contribution in [3.05, 3.63) is 86.3 Å². The third-order valence-corrected chi connectivity index (χ3v) is 7.19. The van der Waals surface area contributed by atoms with Crippen LogP contribution in [-0.4, -0.2) is 18.5 Å². The minimum Gasteiger partial charge on any atom is -0.488 e. The van der Waals surface area contributed by atoms with Gasteiger partial charge >= 0.3 is 5.97 Å². The summed E-state index contributed by atoms with van der Waals surface area (Å²) < 4.78 is 11.2. The Bertz CT molecular complexity index is 1360. The van der Waals surface area contributed by atoms with Crippen molar-refractivity contribution in [1.82, 2.24) is 0 Å². The molecule has 0 aliphatic heterocycles. The number of hydrogen-bond acceptors (Lipinski definition) is 6. The number of fused-ring (bicyclic) bond motifs is 1. The van der Waals surface area contributed by atoms with E-state index in [1.165, 1.54) is 17.4 Å². The topological polar surface area (TPSA) is 88.4 Å². The van der Waals surface area contributed by atoms with E-state index in [2.05, 4.69) is 5.32 Å². The van der Waals surface area contributed by atoms with Gasteiger partial charge in [-0.1, -0.05) is 41.9 Å². The number of rotatable bonds is 8. The average Bonchev–Trinajstić information content (AvgIpc) is 3.24. The van der Waals surface area contributed by atoms with Crippen molar-refractivity contribution >= 4 is 45.9 Å². The fourth-order valence-corrected chi connectivity index (χ4v) is 5.55. The Morgan fingerprint density at radius 3 is 2.75 bits per heavy atom. The first kappa shape index (κ1) is 25.5. The van der Waals surface area contributed by atoms with E-state index in [1.807, 2.05) is 30.3 Å². The van der Waals surface area contributed by atoms with E-state index in [-0.39, 0.29) is 18.8 Å². The summed E-state index contributed by atoms with van der Waals surface area (Å²) in [5.41, 5.74) is 2.74. The van der Waals surface area contributed by atoms with E-state index in [0.29, 0.717) is 26.9 Å². The summed E-state index contributed by atoms with van der Waals surface area (Å²) in [5.74, 6) is -0.516. The first-order chi connectivity index (χ1) is 17.5. The zero-order valence-corrected chi connectivity index (χ0v) is 21.4. The predicted octanol–water partition coefficient (Wildman–Crippen LogP) is 6.58. The molecule has 1 aliphatic rings. The van der Waals surface area contributed by atoms with Gasteiger partial charge in [0.05, 0.1) is 12.2 Å². The van der Waals surface area contributed by atoms with E-state index in [1.54, 1.807) is 31.2 Å². The summed E-state index contributed by atoms with van der Waals surface area (Å²) in [5, 5.41) is 13.6. The van der Waals surface area contributed by atoms with Gasteiger partial charge in [-0.15, -0.1) is 11.3 Å². The lowest BCUT2D eigenvalue weighted by molar-refractivity contribution is -0.112. The molecule has 3 aromatic rings. The van der Waals surface area contributed by atoms with Crippen LogP contribution < -0.4 is 10.1 Å². The highest BCUT2D eigenvalue weighted by Crippen LogP contribution is 2.39. The molecule has 1 aliphatic carbocycles. The number of aryl methyl sites for hydroxylation is 1. The van der Waals surface area contributed by atoms with Crippen LogP contribution in [0.4, 0.5) is 5.00 Å². The van der Waals surface area contributed by atoms with Gasteiger partial charge < -0.3 is 14.8 Å². The molecule has 4 rings (SSSR count). The number of esters is 1. The molecule has 0 atom stereocenters. The molecule has 36 heavy (non-hydrogen) atoms. The van der Waals surface area contributed by atoms with Crippen molar-refractivity contribution < 1.29 is 19.1 Å². The van der Waals surface area contributed by atoms with Gasteiger partial charge in [-0.2, -0.15) is 5.26 Å². The number of amides is 1. The average molecular weight is 521 g/mol. The maximum Gasteiger partial charge on any atom is 0.341 e. The minimum absolute atomic E-state index is 0.102.